The van der Waals surface area contributed by atoms with Crippen LogP contribution in [0.2, 0.25) is 0 Å². The van der Waals surface area contributed by atoms with E-state index in [9.17, 15) is 0 Å². The van der Waals surface area contributed by atoms with Crippen molar-refractivity contribution in [2.75, 3.05) is 10.7 Å². The molecule has 15 heavy (non-hydrogen) atoms. The number of aromatic nitrogens is 2. The second-order valence-corrected chi connectivity index (χ2v) is 4.16. The van der Waals surface area contributed by atoms with Crippen LogP contribution < -0.4 is 16.6 Å². The van der Waals surface area contributed by atoms with Gasteiger partial charge in [-0.15, -0.1) is 0 Å². The number of nitrogen functional groups attached to an aromatic ring is 1. The number of nitrogens with one attached hydrogen (secondary N) is 2. The predicted octanol–water partition coefficient (Wildman–Crippen LogP) is 2.13. The van der Waals surface area contributed by atoms with Crippen LogP contribution in [-0.2, 0) is 0 Å². The van der Waals surface area contributed by atoms with Crippen molar-refractivity contribution in [1.29, 1.82) is 0 Å². The smallest absolute Gasteiger partial charge is 0.159 e. The molecule has 5 nitrogen and oxygen atoms in total. The Morgan fingerprint density at radius 3 is 2.73 bits per heavy atom. The van der Waals surface area contributed by atoms with Gasteiger partial charge in [-0.25, -0.2) is 15.8 Å². The zero-order chi connectivity index (χ0) is 11.3. The third kappa shape index (κ3) is 3.32. The Morgan fingerprint density at radius 1 is 1.47 bits per heavy atom. The van der Waals surface area contributed by atoms with Crippen molar-refractivity contribution in [3.8, 4) is 0 Å². The topological polar surface area (TPSA) is 75.9 Å². The first kappa shape index (κ1) is 12.2. The summed E-state index contributed by atoms with van der Waals surface area (Å²) in [7, 11) is 0. The molecular weight excluding hydrogens is 258 g/mol. The zero-order valence-corrected chi connectivity index (χ0v) is 10.5. The molecule has 0 radical (unpaired) electrons. The highest BCUT2D eigenvalue weighted by molar-refractivity contribution is 9.10. The molecule has 0 spiro atoms. The molecule has 0 aliphatic carbocycles. The maximum absolute atomic E-state index is 5.31. The van der Waals surface area contributed by atoms with Crippen molar-refractivity contribution in [3.05, 3.63) is 10.8 Å². The molecule has 0 fully saturated rings. The first-order valence-corrected chi connectivity index (χ1v) is 5.72. The molecule has 1 aromatic rings. The molecule has 1 aromatic heterocycles. The molecule has 1 rings (SSSR count). The third-order valence-corrected chi connectivity index (χ3v) is 2.78. The zero-order valence-electron chi connectivity index (χ0n) is 8.92. The van der Waals surface area contributed by atoms with E-state index >= 15 is 0 Å². The van der Waals surface area contributed by atoms with Gasteiger partial charge in [0, 0.05) is 6.04 Å². The normalized spacial score (nSPS) is 12.3. The van der Waals surface area contributed by atoms with Gasteiger partial charge in [-0.1, -0.05) is 13.3 Å². The summed E-state index contributed by atoms with van der Waals surface area (Å²) in [5.41, 5.74) is 2.50. The second kappa shape index (κ2) is 5.87. The lowest BCUT2D eigenvalue weighted by atomic mass is 10.2. The Morgan fingerprint density at radius 2 is 2.13 bits per heavy atom. The van der Waals surface area contributed by atoms with E-state index in [4.69, 9.17) is 5.84 Å². The molecule has 0 aromatic carbocycles. The summed E-state index contributed by atoms with van der Waals surface area (Å²) < 4.78 is 0.760. The van der Waals surface area contributed by atoms with Gasteiger partial charge in [0.15, 0.2) is 5.82 Å². The average Bonchev–Trinajstić information content (AvgIpc) is 2.21. The molecule has 4 N–H and O–H groups in total. The minimum Gasteiger partial charge on any atom is -0.367 e. The van der Waals surface area contributed by atoms with Crippen LogP contribution in [0.4, 0.5) is 11.6 Å². The maximum Gasteiger partial charge on any atom is 0.159 e. The first-order chi connectivity index (χ1) is 7.19. The van der Waals surface area contributed by atoms with Gasteiger partial charge in [-0.2, -0.15) is 0 Å². The summed E-state index contributed by atoms with van der Waals surface area (Å²) in [6.07, 6.45) is 3.71. The van der Waals surface area contributed by atoms with Gasteiger partial charge in [0.1, 0.15) is 16.6 Å². The van der Waals surface area contributed by atoms with Crippen molar-refractivity contribution >= 4 is 27.6 Å². The molecule has 1 unspecified atom stereocenters. The first-order valence-electron chi connectivity index (χ1n) is 4.92. The van der Waals surface area contributed by atoms with Gasteiger partial charge in [-0.05, 0) is 29.3 Å². The van der Waals surface area contributed by atoms with Gasteiger partial charge in [0.2, 0.25) is 0 Å². The molecule has 0 saturated carbocycles. The lowest BCUT2D eigenvalue weighted by molar-refractivity contribution is 0.686. The van der Waals surface area contributed by atoms with Crippen LogP contribution >= 0.6 is 15.9 Å². The van der Waals surface area contributed by atoms with E-state index in [0.717, 1.165) is 23.1 Å². The Hall–Kier alpha value is -0.880. The summed E-state index contributed by atoms with van der Waals surface area (Å²) in [4.78, 5) is 8.12. The van der Waals surface area contributed by atoms with Crippen LogP contribution in [0.15, 0.2) is 10.8 Å². The predicted molar refractivity (Wildman–Crippen MR) is 65.5 cm³/mol. The molecule has 6 heteroatoms. The SMILES string of the molecule is CCCC(C)Nc1ncnc(NN)c1Br. The third-order valence-electron chi connectivity index (χ3n) is 2.03. The monoisotopic (exact) mass is 273 g/mol. The van der Waals surface area contributed by atoms with Gasteiger partial charge in [0.25, 0.3) is 0 Å². The summed E-state index contributed by atoms with van der Waals surface area (Å²) in [5.74, 6) is 6.65. The van der Waals surface area contributed by atoms with Crippen molar-refractivity contribution in [2.24, 2.45) is 5.84 Å². The van der Waals surface area contributed by atoms with Crippen LogP contribution in [0.3, 0.4) is 0 Å². The summed E-state index contributed by atoms with van der Waals surface area (Å²) in [5, 5.41) is 3.29. The standard InChI is InChI=1S/C9H16BrN5/c1-3-4-6(2)14-8-7(10)9(15-11)13-5-12-8/h5-6H,3-4,11H2,1-2H3,(H2,12,13,14,15). The Labute approximate surface area is 98.0 Å². The molecule has 0 amide bonds. The van der Waals surface area contributed by atoms with E-state index in [0.29, 0.717) is 11.9 Å². The number of hydrazine groups is 1. The maximum atomic E-state index is 5.31. The summed E-state index contributed by atoms with van der Waals surface area (Å²) in [6, 6.07) is 0.381. The van der Waals surface area contributed by atoms with Crippen LogP contribution in [0.5, 0.6) is 0 Å². The molecule has 0 aliphatic rings. The van der Waals surface area contributed by atoms with Crippen LogP contribution in [0.25, 0.3) is 0 Å². The molecule has 1 atom stereocenters. The second-order valence-electron chi connectivity index (χ2n) is 3.36. The number of nitrogens with two attached hydrogens (primary N) is 1. The highest BCUT2D eigenvalue weighted by atomic mass is 79.9. The highest BCUT2D eigenvalue weighted by Crippen LogP contribution is 2.26. The van der Waals surface area contributed by atoms with E-state index in [2.05, 4.69) is 50.5 Å². The van der Waals surface area contributed by atoms with Crippen molar-refractivity contribution < 1.29 is 0 Å². The van der Waals surface area contributed by atoms with E-state index < -0.39 is 0 Å². The minimum atomic E-state index is 0.381. The summed E-state index contributed by atoms with van der Waals surface area (Å²) in [6.45, 7) is 4.27. The van der Waals surface area contributed by atoms with E-state index in [-0.39, 0.29) is 0 Å². The Bertz CT molecular complexity index is 317. The van der Waals surface area contributed by atoms with Crippen molar-refractivity contribution in [3.63, 3.8) is 0 Å². The molecule has 84 valence electrons. The van der Waals surface area contributed by atoms with Gasteiger partial charge < -0.3 is 10.7 Å². The average molecular weight is 274 g/mol. The lowest BCUT2D eigenvalue weighted by Gasteiger charge is -2.15. The van der Waals surface area contributed by atoms with E-state index in [1.165, 1.54) is 6.33 Å². The number of rotatable bonds is 5. The quantitative estimate of drug-likeness (QED) is 0.566. The van der Waals surface area contributed by atoms with Crippen LogP contribution in [0, 0.1) is 0 Å². The largest absolute Gasteiger partial charge is 0.367 e. The number of hydrogen-bond acceptors (Lipinski definition) is 5. The fraction of sp³-hybridized carbons (Fsp3) is 0.556. The fourth-order valence-corrected chi connectivity index (χ4v) is 1.74. The lowest BCUT2D eigenvalue weighted by Crippen LogP contribution is -2.17. The van der Waals surface area contributed by atoms with Gasteiger partial charge in [0.05, 0.1) is 0 Å². The minimum absolute atomic E-state index is 0.381. The van der Waals surface area contributed by atoms with Crippen LogP contribution in [-0.4, -0.2) is 16.0 Å². The molecule has 0 saturated heterocycles. The number of anilines is 2. The number of halogens is 1. The number of hydrogen-bond donors (Lipinski definition) is 3. The van der Waals surface area contributed by atoms with E-state index in [1.54, 1.807) is 0 Å². The highest BCUT2D eigenvalue weighted by Gasteiger charge is 2.09. The Balaban J connectivity index is 2.76. The number of nitrogens with zero attached hydrogens (tertiary/aromatic N) is 2. The molecular formula is C9H16BrN5. The fourth-order valence-electron chi connectivity index (χ4n) is 1.31. The molecule has 0 aliphatic heterocycles. The van der Waals surface area contributed by atoms with Crippen molar-refractivity contribution in [2.45, 2.75) is 32.7 Å². The Kier molecular flexibility index (Phi) is 4.77. The van der Waals surface area contributed by atoms with Crippen LogP contribution in [0.1, 0.15) is 26.7 Å². The van der Waals surface area contributed by atoms with Gasteiger partial charge in [-0.3, -0.25) is 0 Å². The molecule has 0 bridgehead atoms. The van der Waals surface area contributed by atoms with Gasteiger partial charge >= 0.3 is 0 Å². The van der Waals surface area contributed by atoms with E-state index in [1.807, 2.05) is 0 Å². The van der Waals surface area contributed by atoms with Crippen molar-refractivity contribution in [1.82, 2.24) is 9.97 Å². The molecule has 1 heterocycles. The summed E-state index contributed by atoms with van der Waals surface area (Å²) >= 11 is 3.39.